The summed E-state index contributed by atoms with van der Waals surface area (Å²) in [4.78, 5) is 16.6. The van der Waals surface area contributed by atoms with E-state index in [4.69, 9.17) is 0 Å². The molecule has 0 saturated heterocycles. The molecule has 0 aliphatic heterocycles. The summed E-state index contributed by atoms with van der Waals surface area (Å²) in [6, 6.07) is -0.781. The minimum atomic E-state index is -4.41. The zero-order valence-corrected chi connectivity index (χ0v) is 12.7. The van der Waals surface area contributed by atoms with Gasteiger partial charge < -0.3 is 4.90 Å². The van der Waals surface area contributed by atoms with Gasteiger partial charge in [0.05, 0.1) is 10.7 Å². The minimum Gasteiger partial charge on any atom is -0.318 e. The van der Waals surface area contributed by atoms with Gasteiger partial charge in [0.25, 0.3) is 0 Å². The fourth-order valence-electron chi connectivity index (χ4n) is 1.63. The number of anilines is 1. The molecular formula is C12H18F3N3OS. The fourth-order valence-corrected chi connectivity index (χ4v) is 2.46. The van der Waals surface area contributed by atoms with Crippen molar-refractivity contribution >= 4 is 22.4 Å². The predicted octanol–water partition coefficient (Wildman–Crippen LogP) is 3.68. The molecule has 1 heterocycles. The lowest BCUT2D eigenvalue weighted by atomic mass is 10.1. The number of carbonyl (C=O) groups excluding carboxylic acids is 1. The molecule has 1 N–H and O–H groups in total. The molecule has 0 saturated carbocycles. The third kappa shape index (κ3) is 5.36. The van der Waals surface area contributed by atoms with Gasteiger partial charge in [-0.15, -0.1) is 11.3 Å². The number of hydrogen-bond acceptors (Lipinski definition) is 3. The van der Waals surface area contributed by atoms with Crippen molar-refractivity contribution in [1.82, 2.24) is 9.88 Å². The number of carbonyl (C=O) groups is 1. The molecule has 1 aromatic heterocycles. The summed E-state index contributed by atoms with van der Waals surface area (Å²) in [5.74, 6) is 0.347. The smallest absolute Gasteiger partial charge is 0.318 e. The first kappa shape index (κ1) is 16.7. The molecule has 4 nitrogen and oxygen atoms in total. The van der Waals surface area contributed by atoms with Gasteiger partial charge in [0, 0.05) is 7.05 Å². The topological polar surface area (TPSA) is 45.2 Å². The summed E-state index contributed by atoms with van der Waals surface area (Å²) in [7, 11) is 1.11. The highest BCUT2D eigenvalue weighted by atomic mass is 32.1. The third-order valence-corrected chi connectivity index (χ3v) is 3.32. The van der Waals surface area contributed by atoms with Crippen LogP contribution in [0.25, 0.3) is 0 Å². The quantitative estimate of drug-likeness (QED) is 0.922. The maximum atomic E-state index is 12.2. The molecule has 2 amide bonds. The number of nitrogens with zero attached hydrogens (tertiary/aromatic N) is 2. The van der Waals surface area contributed by atoms with Crippen LogP contribution in [0.15, 0.2) is 0 Å². The van der Waals surface area contributed by atoms with Crippen molar-refractivity contribution in [3.8, 4) is 0 Å². The summed E-state index contributed by atoms with van der Waals surface area (Å²) in [6.07, 6.45) is -3.74. The number of alkyl halides is 3. The first-order chi connectivity index (χ1) is 9.08. The zero-order valence-electron chi connectivity index (χ0n) is 11.8. The summed E-state index contributed by atoms with van der Waals surface area (Å²) in [5.41, 5.74) is 0.719. The standard InChI is InChI=1S/C12H18F3N3OS/c1-7(2)5-9-10(20-8(3)16-9)17-11(19)18(4)6-12(13,14)15/h7H,5-6H2,1-4H3,(H,17,19). The van der Waals surface area contributed by atoms with Crippen molar-refractivity contribution in [1.29, 1.82) is 0 Å². The molecule has 0 bridgehead atoms. The molecule has 0 aliphatic carbocycles. The highest BCUT2D eigenvalue weighted by Crippen LogP contribution is 2.27. The van der Waals surface area contributed by atoms with E-state index in [1.165, 1.54) is 11.3 Å². The highest BCUT2D eigenvalue weighted by Gasteiger charge is 2.31. The Morgan fingerprint density at radius 2 is 2.05 bits per heavy atom. The fraction of sp³-hybridized carbons (Fsp3) is 0.667. The van der Waals surface area contributed by atoms with E-state index in [9.17, 15) is 18.0 Å². The molecular weight excluding hydrogens is 291 g/mol. The Bertz CT molecular complexity index is 471. The van der Waals surface area contributed by atoms with Gasteiger partial charge in [-0.25, -0.2) is 9.78 Å². The molecule has 0 aliphatic rings. The Hall–Kier alpha value is -1.31. The van der Waals surface area contributed by atoms with Crippen LogP contribution in [-0.2, 0) is 6.42 Å². The molecule has 8 heteroatoms. The average Bonchev–Trinajstić information content (AvgIpc) is 2.55. The first-order valence-electron chi connectivity index (χ1n) is 6.13. The van der Waals surface area contributed by atoms with Crippen LogP contribution in [0.5, 0.6) is 0 Å². The van der Waals surface area contributed by atoms with Gasteiger partial charge in [0.1, 0.15) is 11.5 Å². The predicted molar refractivity (Wildman–Crippen MR) is 73.1 cm³/mol. The van der Waals surface area contributed by atoms with Gasteiger partial charge in [0.15, 0.2) is 0 Å². The van der Waals surface area contributed by atoms with Gasteiger partial charge in [-0.1, -0.05) is 13.8 Å². The highest BCUT2D eigenvalue weighted by molar-refractivity contribution is 7.16. The van der Waals surface area contributed by atoms with E-state index in [2.05, 4.69) is 10.3 Å². The van der Waals surface area contributed by atoms with Crippen molar-refractivity contribution in [3.63, 3.8) is 0 Å². The van der Waals surface area contributed by atoms with Crippen LogP contribution in [-0.4, -0.2) is 35.7 Å². The van der Waals surface area contributed by atoms with Crippen molar-refractivity contribution < 1.29 is 18.0 Å². The number of aryl methyl sites for hydroxylation is 1. The number of urea groups is 1. The van der Waals surface area contributed by atoms with Gasteiger partial charge >= 0.3 is 12.2 Å². The number of thiazole rings is 1. The van der Waals surface area contributed by atoms with Crippen LogP contribution in [0.1, 0.15) is 24.5 Å². The second-order valence-corrected chi connectivity index (χ2v) is 6.21. The summed E-state index contributed by atoms with van der Waals surface area (Å²) >= 11 is 1.27. The lowest BCUT2D eigenvalue weighted by Crippen LogP contribution is -2.38. The SMILES string of the molecule is Cc1nc(CC(C)C)c(NC(=O)N(C)CC(F)(F)F)s1. The van der Waals surface area contributed by atoms with Gasteiger partial charge in [-0.05, 0) is 19.3 Å². The summed E-state index contributed by atoms with van der Waals surface area (Å²) in [5, 5.41) is 3.80. The Morgan fingerprint density at radius 1 is 1.45 bits per heavy atom. The van der Waals surface area contributed by atoms with E-state index in [1.807, 2.05) is 13.8 Å². The van der Waals surface area contributed by atoms with Gasteiger partial charge in [0.2, 0.25) is 0 Å². The first-order valence-corrected chi connectivity index (χ1v) is 6.95. The molecule has 0 unspecified atom stereocenters. The lowest BCUT2D eigenvalue weighted by Gasteiger charge is -2.19. The molecule has 20 heavy (non-hydrogen) atoms. The second kappa shape index (κ2) is 6.43. The maximum absolute atomic E-state index is 12.2. The number of amides is 2. The van der Waals surface area contributed by atoms with Crippen molar-refractivity contribution in [3.05, 3.63) is 10.7 Å². The number of aromatic nitrogens is 1. The third-order valence-electron chi connectivity index (χ3n) is 2.39. The molecule has 0 fully saturated rings. The Morgan fingerprint density at radius 3 is 2.55 bits per heavy atom. The van der Waals surface area contributed by atoms with Gasteiger partial charge in [-0.2, -0.15) is 13.2 Å². The number of nitrogens with one attached hydrogen (secondary N) is 1. The van der Waals surface area contributed by atoms with E-state index in [0.717, 1.165) is 17.7 Å². The Labute approximate surface area is 120 Å². The van der Waals surface area contributed by atoms with E-state index in [-0.39, 0.29) is 0 Å². The summed E-state index contributed by atoms with van der Waals surface area (Å²) < 4.78 is 36.7. The van der Waals surface area contributed by atoms with Crippen LogP contribution < -0.4 is 5.32 Å². The van der Waals surface area contributed by atoms with E-state index in [1.54, 1.807) is 6.92 Å². The molecule has 0 radical (unpaired) electrons. The van der Waals surface area contributed by atoms with Crippen molar-refractivity contribution in [2.24, 2.45) is 5.92 Å². The normalized spacial score (nSPS) is 11.8. The van der Waals surface area contributed by atoms with Crippen LogP contribution in [0.3, 0.4) is 0 Å². The molecule has 0 aromatic carbocycles. The number of rotatable bonds is 4. The molecule has 0 spiro atoms. The van der Waals surface area contributed by atoms with Gasteiger partial charge in [-0.3, -0.25) is 5.32 Å². The van der Waals surface area contributed by atoms with Crippen LogP contribution in [0.4, 0.5) is 23.0 Å². The maximum Gasteiger partial charge on any atom is 0.406 e. The average molecular weight is 309 g/mol. The van der Waals surface area contributed by atoms with E-state index in [0.29, 0.717) is 22.2 Å². The van der Waals surface area contributed by atoms with Crippen LogP contribution in [0, 0.1) is 12.8 Å². The number of hydrogen-bond donors (Lipinski definition) is 1. The molecule has 1 rings (SSSR count). The van der Waals surface area contributed by atoms with E-state index < -0.39 is 18.8 Å². The Balaban J connectivity index is 2.75. The molecule has 1 aromatic rings. The van der Waals surface area contributed by atoms with E-state index >= 15 is 0 Å². The monoisotopic (exact) mass is 309 g/mol. The lowest BCUT2D eigenvalue weighted by molar-refractivity contribution is -0.137. The summed E-state index contributed by atoms with van der Waals surface area (Å²) in [6.45, 7) is 4.53. The van der Waals surface area contributed by atoms with Crippen molar-refractivity contribution in [2.75, 3.05) is 18.9 Å². The second-order valence-electron chi connectivity index (χ2n) is 5.01. The number of halogens is 3. The van der Waals surface area contributed by atoms with Crippen LogP contribution >= 0.6 is 11.3 Å². The Kier molecular flexibility index (Phi) is 5.38. The minimum absolute atomic E-state index is 0.347. The van der Waals surface area contributed by atoms with Crippen molar-refractivity contribution in [2.45, 2.75) is 33.4 Å². The van der Waals surface area contributed by atoms with Crippen LogP contribution in [0.2, 0.25) is 0 Å². The molecule has 0 atom stereocenters. The largest absolute Gasteiger partial charge is 0.406 e. The zero-order chi connectivity index (χ0) is 15.5. The molecule has 114 valence electrons.